The first kappa shape index (κ1) is 14.5. The van der Waals surface area contributed by atoms with Crippen molar-refractivity contribution in [1.29, 1.82) is 0 Å². The minimum Gasteiger partial charge on any atom is -0.390 e. The molecule has 0 aromatic rings. The topological polar surface area (TPSA) is 143 Å². The van der Waals surface area contributed by atoms with E-state index in [-0.39, 0.29) is 6.61 Å². The zero-order chi connectivity index (χ0) is 12.8. The van der Waals surface area contributed by atoms with Crippen LogP contribution in [-0.2, 0) is 18.4 Å². The lowest BCUT2D eigenvalue weighted by atomic mass is 10.1. The molecule has 1 rings (SSSR count). The largest absolute Gasteiger partial charge is 0.694 e. The SMILES string of the molecule is NC=N[C@H]1C[C@H](N[P+](=O)O)[C@@H](CO[P+](=O)O)O1. The monoisotopic (exact) mass is 285 g/mol. The fourth-order valence-corrected chi connectivity index (χ4v) is 2.31. The number of rotatable bonds is 6. The highest BCUT2D eigenvalue weighted by molar-refractivity contribution is 7.35. The summed E-state index contributed by atoms with van der Waals surface area (Å²) in [6.45, 7) is -0.177. The van der Waals surface area contributed by atoms with Crippen LogP contribution in [0.4, 0.5) is 0 Å². The summed E-state index contributed by atoms with van der Waals surface area (Å²) in [6, 6.07) is -0.493. The summed E-state index contributed by atoms with van der Waals surface area (Å²) in [4.78, 5) is 21.0. The van der Waals surface area contributed by atoms with Crippen molar-refractivity contribution >= 4 is 22.8 Å². The van der Waals surface area contributed by atoms with E-state index in [9.17, 15) is 9.13 Å². The van der Waals surface area contributed by atoms with Crippen LogP contribution in [-0.4, -0.2) is 41.1 Å². The van der Waals surface area contributed by atoms with Gasteiger partial charge in [0.2, 0.25) is 0 Å². The Hall–Kier alpha value is -0.530. The Labute approximate surface area is 98.9 Å². The maximum atomic E-state index is 10.7. The van der Waals surface area contributed by atoms with E-state index in [1.54, 1.807) is 0 Å². The number of hydrogen-bond donors (Lipinski definition) is 4. The Morgan fingerprint density at radius 3 is 2.82 bits per heavy atom. The number of nitrogens with two attached hydrogens (primary N) is 1. The molecular formula is C6H13N3O6P2+2. The van der Waals surface area contributed by atoms with Gasteiger partial charge in [-0.1, -0.05) is 5.09 Å². The number of nitrogens with one attached hydrogen (secondary N) is 1. The standard InChI is InChI=1S/C6H11N3O6P2/c7-3-8-6-1-4(9-16(10)11)5(15-6)2-14-17(12)13/h3-6H,1-2H2,(H3-2,7,8,9,10,11,12,13)/p+2/t4-,5+,6+/m0/s1. The molecule has 1 aliphatic heterocycles. The Bertz CT molecular complexity index is 327. The zero-order valence-electron chi connectivity index (χ0n) is 8.67. The van der Waals surface area contributed by atoms with Gasteiger partial charge >= 0.3 is 16.4 Å². The lowest BCUT2D eigenvalue weighted by Gasteiger charge is -2.10. The van der Waals surface area contributed by atoms with Gasteiger partial charge in [0.15, 0.2) is 6.23 Å². The van der Waals surface area contributed by atoms with Crippen LogP contribution in [0.5, 0.6) is 0 Å². The summed E-state index contributed by atoms with van der Waals surface area (Å²) in [5, 5.41) is 2.37. The third kappa shape index (κ3) is 5.10. The molecule has 1 heterocycles. The summed E-state index contributed by atoms with van der Waals surface area (Å²) in [7, 11) is -5.28. The summed E-state index contributed by atoms with van der Waals surface area (Å²) in [5.41, 5.74) is 5.11. The van der Waals surface area contributed by atoms with Crippen molar-refractivity contribution in [3.8, 4) is 0 Å². The molecule has 5 atom stereocenters. The van der Waals surface area contributed by atoms with Crippen LogP contribution < -0.4 is 10.8 Å². The molecule has 2 unspecified atom stereocenters. The van der Waals surface area contributed by atoms with Crippen LogP contribution >= 0.6 is 16.4 Å². The van der Waals surface area contributed by atoms with Crippen LogP contribution in [0.1, 0.15) is 6.42 Å². The second-order valence-electron chi connectivity index (χ2n) is 3.21. The Morgan fingerprint density at radius 2 is 2.29 bits per heavy atom. The molecule has 0 bridgehead atoms. The van der Waals surface area contributed by atoms with Gasteiger partial charge in [-0.3, -0.25) is 0 Å². The van der Waals surface area contributed by atoms with Gasteiger partial charge in [0, 0.05) is 11.0 Å². The van der Waals surface area contributed by atoms with Crippen molar-refractivity contribution in [2.45, 2.75) is 24.8 Å². The summed E-state index contributed by atoms with van der Waals surface area (Å²) in [5.74, 6) is 0. The molecule has 1 fully saturated rings. The van der Waals surface area contributed by atoms with Gasteiger partial charge in [-0.05, 0) is 4.57 Å². The molecule has 0 aromatic heterocycles. The highest BCUT2D eigenvalue weighted by Gasteiger charge is 2.41. The number of nitrogens with zero attached hydrogens (tertiary/aromatic N) is 1. The van der Waals surface area contributed by atoms with Gasteiger partial charge < -0.3 is 10.5 Å². The third-order valence-electron chi connectivity index (χ3n) is 2.11. The quantitative estimate of drug-likeness (QED) is 0.286. The fraction of sp³-hybridized carbons (Fsp3) is 0.833. The number of hydrogen-bond acceptors (Lipinski definition) is 5. The average Bonchev–Trinajstić information content (AvgIpc) is 2.57. The van der Waals surface area contributed by atoms with Gasteiger partial charge in [0.25, 0.3) is 0 Å². The minimum absolute atomic E-state index is 0.177. The van der Waals surface area contributed by atoms with E-state index in [4.69, 9.17) is 20.3 Å². The molecular weight excluding hydrogens is 272 g/mol. The smallest absolute Gasteiger partial charge is 0.390 e. The summed E-state index contributed by atoms with van der Waals surface area (Å²) in [6.07, 6.45) is 0.195. The van der Waals surface area contributed by atoms with Crippen molar-refractivity contribution in [2.24, 2.45) is 10.7 Å². The molecule has 0 spiro atoms. The van der Waals surface area contributed by atoms with Crippen LogP contribution in [0.2, 0.25) is 0 Å². The molecule has 5 N–H and O–H groups in total. The molecule has 0 radical (unpaired) electrons. The Morgan fingerprint density at radius 1 is 1.59 bits per heavy atom. The normalized spacial score (nSPS) is 30.8. The molecule has 9 nitrogen and oxygen atoms in total. The first-order chi connectivity index (χ1) is 8.02. The molecule has 0 saturated carbocycles. The highest BCUT2D eigenvalue weighted by Crippen LogP contribution is 2.27. The van der Waals surface area contributed by atoms with Gasteiger partial charge in [-0.15, -0.1) is 14.3 Å². The number of aliphatic imine (C=N–C) groups is 1. The highest BCUT2D eigenvalue weighted by atomic mass is 31.1. The van der Waals surface area contributed by atoms with E-state index in [1.807, 2.05) is 0 Å². The van der Waals surface area contributed by atoms with E-state index in [2.05, 4.69) is 14.6 Å². The van der Waals surface area contributed by atoms with Crippen molar-refractivity contribution in [3.63, 3.8) is 0 Å². The molecule has 11 heteroatoms. The molecule has 0 aliphatic carbocycles. The Kier molecular flexibility index (Phi) is 6.01. The predicted octanol–water partition coefficient (Wildman–Crippen LogP) is -0.637. The molecule has 96 valence electrons. The lowest BCUT2D eigenvalue weighted by molar-refractivity contribution is 0.0164. The van der Waals surface area contributed by atoms with Crippen molar-refractivity contribution in [3.05, 3.63) is 0 Å². The lowest BCUT2D eigenvalue weighted by Crippen LogP contribution is -2.34. The van der Waals surface area contributed by atoms with Gasteiger partial charge in [0.05, 0.1) is 12.4 Å². The molecule has 1 aliphatic rings. The maximum Gasteiger partial charge on any atom is 0.694 e. The van der Waals surface area contributed by atoms with E-state index in [1.165, 1.54) is 0 Å². The van der Waals surface area contributed by atoms with Crippen molar-refractivity contribution in [2.75, 3.05) is 6.61 Å². The van der Waals surface area contributed by atoms with Gasteiger partial charge in [-0.2, -0.15) is 0 Å². The number of ether oxygens (including phenoxy) is 1. The van der Waals surface area contributed by atoms with E-state index in [0.717, 1.165) is 6.34 Å². The second-order valence-corrected chi connectivity index (χ2v) is 4.74. The van der Waals surface area contributed by atoms with Crippen LogP contribution in [0.3, 0.4) is 0 Å². The first-order valence-electron chi connectivity index (χ1n) is 4.63. The second kappa shape index (κ2) is 7.03. The van der Waals surface area contributed by atoms with Crippen LogP contribution in [0.15, 0.2) is 4.99 Å². The molecule has 0 aromatic carbocycles. The van der Waals surface area contributed by atoms with E-state index < -0.39 is 34.8 Å². The van der Waals surface area contributed by atoms with Crippen molar-refractivity contribution < 1.29 is 28.2 Å². The van der Waals surface area contributed by atoms with Gasteiger partial charge in [-0.25, -0.2) is 4.99 Å². The predicted molar refractivity (Wildman–Crippen MR) is 58.5 cm³/mol. The van der Waals surface area contributed by atoms with Crippen LogP contribution in [0.25, 0.3) is 0 Å². The Balaban J connectivity index is 2.56. The van der Waals surface area contributed by atoms with E-state index in [0.29, 0.717) is 6.42 Å². The summed E-state index contributed by atoms with van der Waals surface area (Å²) >= 11 is 0. The summed E-state index contributed by atoms with van der Waals surface area (Å²) < 4.78 is 30.9. The minimum atomic E-state index is -2.73. The third-order valence-corrected chi connectivity index (χ3v) is 3.04. The maximum absolute atomic E-state index is 10.7. The van der Waals surface area contributed by atoms with E-state index >= 15 is 0 Å². The average molecular weight is 285 g/mol. The van der Waals surface area contributed by atoms with Gasteiger partial charge in [0.1, 0.15) is 12.7 Å². The fourth-order valence-electron chi connectivity index (χ4n) is 1.48. The molecule has 0 amide bonds. The zero-order valence-corrected chi connectivity index (χ0v) is 10.5. The van der Waals surface area contributed by atoms with Crippen LogP contribution in [0, 0.1) is 0 Å². The molecule has 1 saturated heterocycles. The first-order valence-corrected chi connectivity index (χ1v) is 6.97. The molecule has 17 heavy (non-hydrogen) atoms. The van der Waals surface area contributed by atoms with Crippen molar-refractivity contribution in [1.82, 2.24) is 5.09 Å².